The first-order chi connectivity index (χ1) is 14.8. The smallest absolute Gasteiger partial charge is 0.283 e. The molecule has 0 amide bonds. The fourth-order valence-electron chi connectivity index (χ4n) is 3.76. The molecule has 6 heteroatoms. The lowest BCUT2D eigenvalue weighted by molar-refractivity contribution is 0.262. The number of fused-ring (bicyclic) bond motifs is 4. The van der Waals surface area contributed by atoms with Gasteiger partial charge in [-0.3, -0.25) is 4.98 Å². The molecule has 154 valence electrons. The largest absolute Gasteiger partial charge is 0.462 e. The number of amidine groups is 1. The molecule has 0 fully saturated rings. The lowest BCUT2D eigenvalue weighted by atomic mass is 9.81. The predicted molar refractivity (Wildman–Crippen MR) is 119 cm³/mol. The van der Waals surface area contributed by atoms with Crippen LogP contribution in [0.15, 0.2) is 60.0 Å². The predicted octanol–water partition coefficient (Wildman–Crippen LogP) is 4.24. The van der Waals surface area contributed by atoms with Gasteiger partial charge in [0.05, 0.1) is 5.56 Å². The van der Waals surface area contributed by atoms with Crippen molar-refractivity contribution in [1.82, 2.24) is 9.97 Å². The average Bonchev–Trinajstić information content (AvgIpc) is 3.15. The molecule has 2 aliphatic heterocycles. The number of hydrogen-bond donors (Lipinski definition) is 1. The van der Waals surface area contributed by atoms with Crippen LogP contribution in [0.4, 0.5) is 0 Å². The molecule has 3 aromatic rings. The number of nitrogens with zero attached hydrogens (tertiary/aromatic N) is 3. The minimum absolute atomic E-state index is 0.0989. The summed E-state index contributed by atoms with van der Waals surface area (Å²) in [5.41, 5.74) is 9.49. The molecule has 6 nitrogen and oxygen atoms in total. The van der Waals surface area contributed by atoms with Crippen molar-refractivity contribution >= 4 is 6.02 Å². The van der Waals surface area contributed by atoms with Crippen molar-refractivity contribution in [2.24, 2.45) is 16.1 Å². The Balaban J connectivity index is 1.69. The molecule has 0 saturated heterocycles. The van der Waals surface area contributed by atoms with Crippen LogP contribution in [-0.2, 0) is 10.3 Å². The molecule has 2 aromatic heterocycles. The fraction of sp³-hybridized carbons (Fsp3) is 0.240. The van der Waals surface area contributed by atoms with Crippen molar-refractivity contribution in [3.63, 3.8) is 0 Å². The van der Waals surface area contributed by atoms with E-state index in [1.54, 1.807) is 18.6 Å². The average molecular weight is 410 g/mol. The van der Waals surface area contributed by atoms with E-state index >= 15 is 0 Å². The molecule has 31 heavy (non-hydrogen) atoms. The first-order valence-corrected chi connectivity index (χ1v) is 10.1. The van der Waals surface area contributed by atoms with E-state index in [9.17, 15) is 0 Å². The van der Waals surface area contributed by atoms with Gasteiger partial charge in [-0.2, -0.15) is 0 Å². The maximum absolute atomic E-state index is 6.15. The zero-order chi connectivity index (χ0) is 21.6. The maximum Gasteiger partial charge on any atom is 0.283 e. The second-order valence-corrected chi connectivity index (χ2v) is 8.73. The fourth-order valence-corrected chi connectivity index (χ4v) is 3.76. The van der Waals surface area contributed by atoms with Crippen LogP contribution in [0.3, 0.4) is 0 Å². The van der Waals surface area contributed by atoms with Crippen LogP contribution in [0.1, 0.15) is 37.5 Å². The molecule has 1 aromatic carbocycles. The van der Waals surface area contributed by atoms with Crippen molar-refractivity contribution in [2.45, 2.75) is 26.3 Å². The molecule has 5 rings (SSSR count). The third-order valence-electron chi connectivity index (χ3n) is 5.24. The molecular formula is C25H22N4O2. The Kier molecular flexibility index (Phi) is 4.23. The van der Waals surface area contributed by atoms with Gasteiger partial charge in [0.1, 0.15) is 12.4 Å². The number of rotatable bonds is 1. The Morgan fingerprint density at radius 2 is 1.94 bits per heavy atom. The summed E-state index contributed by atoms with van der Waals surface area (Å²) in [7, 11) is 0. The van der Waals surface area contributed by atoms with E-state index in [0.29, 0.717) is 11.6 Å². The van der Waals surface area contributed by atoms with Gasteiger partial charge in [-0.15, -0.1) is 0 Å². The minimum Gasteiger partial charge on any atom is -0.462 e. The third-order valence-corrected chi connectivity index (χ3v) is 5.24. The summed E-state index contributed by atoms with van der Waals surface area (Å²) in [5.74, 6) is 7.72. The Morgan fingerprint density at radius 3 is 2.65 bits per heavy atom. The van der Waals surface area contributed by atoms with Crippen molar-refractivity contribution in [2.75, 3.05) is 6.61 Å². The summed E-state index contributed by atoms with van der Waals surface area (Å²) in [6, 6.07) is 11.9. The van der Waals surface area contributed by atoms with Gasteiger partial charge in [0.15, 0.2) is 5.54 Å². The van der Waals surface area contributed by atoms with Crippen LogP contribution in [0.5, 0.6) is 11.6 Å². The molecule has 4 heterocycles. The van der Waals surface area contributed by atoms with E-state index in [4.69, 9.17) is 20.2 Å². The first kappa shape index (κ1) is 19.1. The number of aliphatic imine (C=N–C) groups is 1. The van der Waals surface area contributed by atoms with E-state index in [1.165, 1.54) is 0 Å². The lowest BCUT2D eigenvalue weighted by Crippen LogP contribution is -2.31. The summed E-state index contributed by atoms with van der Waals surface area (Å²) in [6.45, 7) is 6.53. The molecular weight excluding hydrogens is 388 g/mol. The van der Waals surface area contributed by atoms with Gasteiger partial charge in [0, 0.05) is 46.3 Å². The highest BCUT2D eigenvalue weighted by Gasteiger charge is 2.47. The summed E-state index contributed by atoms with van der Waals surface area (Å²) >= 11 is 0. The number of nitrogens with two attached hydrogens (primary N) is 1. The van der Waals surface area contributed by atoms with Gasteiger partial charge in [0.25, 0.3) is 6.02 Å². The first-order valence-electron chi connectivity index (χ1n) is 10.1. The SMILES string of the molecule is CC(C)(C)C#Cc1ccc2c(c1)[C@@]1(COC(N)=N1)c1cc(-c3cccnc3)cnc1O2. The van der Waals surface area contributed by atoms with Gasteiger partial charge in [-0.25, -0.2) is 9.98 Å². The molecule has 0 bridgehead atoms. The number of benzene rings is 1. The van der Waals surface area contributed by atoms with Gasteiger partial charge in [-0.05, 0) is 51.1 Å². The van der Waals surface area contributed by atoms with Crippen LogP contribution in [0.25, 0.3) is 11.1 Å². The Bertz CT molecular complexity index is 1270. The second kappa shape index (κ2) is 6.85. The molecule has 0 aliphatic carbocycles. The van der Waals surface area contributed by atoms with Crippen molar-refractivity contribution in [3.05, 3.63) is 71.7 Å². The monoisotopic (exact) mass is 410 g/mol. The van der Waals surface area contributed by atoms with Gasteiger partial charge in [0.2, 0.25) is 5.88 Å². The summed E-state index contributed by atoms with van der Waals surface area (Å²) in [4.78, 5) is 13.5. The Morgan fingerprint density at radius 1 is 1.06 bits per heavy atom. The van der Waals surface area contributed by atoms with Crippen molar-refractivity contribution in [3.8, 4) is 34.6 Å². The van der Waals surface area contributed by atoms with Crippen molar-refractivity contribution < 1.29 is 9.47 Å². The maximum atomic E-state index is 6.15. The van der Waals surface area contributed by atoms with E-state index < -0.39 is 5.54 Å². The highest BCUT2D eigenvalue weighted by atomic mass is 16.5. The molecule has 0 radical (unpaired) electrons. The van der Waals surface area contributed by atoms with E-state index in [-0.39, 0.29) is 18.0 Å². The lowest BCUT2D eigenvalue weighted by Gasteiger charge is -2.33. The number of aromatic nitrogens is 2. The molecule has 1 spiro atoms. The number of pyridine rings is 2. The van der Waals surface area contributed by atoms with E-state index in [2.05, 4.69) is 42.6 Å². The topological polar surface area (TPSA) is 82.6 Å². The molecule has 0 saturated carbocycles. The number of ether oxygens (including phenoxy) is 2. The van der Waals surface area contributed by atoms with Crippen LogP contribution in [-0.4, -0.2) is 22.6 Å². The standard InChI is InChI=1S/C25H22N4O2/c1-24(2,3)9-8-16-6-7-21-19(11-16)25(15-30-23(26)29-25)20-12-18(14-28-22(20)31-21)17-5-4-10-27-13-17/h4-7,10-14H,15H2,1-3H3,(H2,26,29)/t25-/m0/s1. The van der Waals surface area contributed by atoms with E-state index in [1.807, 2.05) is 36.4 Å². The quantitative estimate of drug-likeness (QED) is 0.607. The third kappa shape index (κ3) is 3.38. The van der Waals surface area contributed by atoms with Crippen LogP contribution >= 0.6 is 0 Å². The summed E-state index contributed by atoms with van der Waals surface area (Å²) in [6.07, 6.45) is 5.32. The molecule has 1 atom stereocenters. The molecule has 2 aliphatic rings. The minimum atomic E-state index is -0.836. The van der Waals surface area contributed by atoms with Gasteiger partial charge in [-0.1, -0.05) is 17.9 Å². The second-order valence-electron chi connectivity index (χ2n) is 8.73. The van der Waals surface area contributed by atoms with Crippen molar-refractivity contribution in [1.29, 1.82) is 0 Å². The normalized spacial score (nSPS) is 18.7. The zero-order valence-electron chi connectivity index (χ0n) is 17.6. The number of hydrogen-bond acceptors (Lipinski definition) is 6. The van der Waals surface area contributed by atoms with Gasteiger partial charge >= 0.3 is 0 Å². The summed E-state index contributed by atoms with van der Waals surface area (Å²) < 4.78 is 11.8. The zero-order valence-corrected chi connectivity index (χ0v) is 17.6. The molecule has 2 N–H and O–H groups in total. The Labute approximate surface area is 181 Å². The van der Waals surface area contributed by atoms with Crippen LogP contribution < -0.4 is 10.5 Å². The Hall–Kier alpha value is -3.85. The van der Waals surface area contributed by atoms with Crippen LogP contribution in [0, 0.1) is 17.3 Å². The van der Waals surface area contributed by atoms with Gasteiger partial charge < -0.3 is 15.2 Å². The molecule has 0 unspecified atom stereocenters. The summed E-state index contributed by atoms with van der Waals surface area (Å²) in [5, 5.41) is 0. The van der Waals surface area contributed by atoms with E-state index in [0.717, 1.165) is 27.8 Å². The highest BCUT2D eigenvalue weighted by Crippen LogP contribution is 2.50. The van der Waals surface area contributed by atoms with Crippen LogP contribution in [0.2, 0.25) is 0 Å². The highest BCUT2D eigenvalue weighted by molar-refractivity contribution is 5.77.